The molecule has 1 amide bonds. The van der Waals surface area contributed by atoms with Crippen LogP contribution in [0.2, 0.25) is 0 Å². The van der Waals surface area contributed by atoms with Gasteiger partial charge in [-0.15, -0.1) is 0 Å². The fourth-order valence-corrected chi connectivity index (χ4v) is 1.97. The first-order chi connectivity index (χ1) is 9.65. The fraction of sp³-hybridized carbons (Fsp3) is 0.933. The molecule has 0 aromatic rings. The Balaban J connectivity index is 0.00000172. The van der Waals surface area contributed by atoms with E-state index in [0.717, 1.165) is 45.7 Å². The van der Waals surface area contributed by atoms with E-state index in [-0.39, 0.29) is 17.9 Å². The molecule has 0 aromatic heterocycles. The highest BCUT2D eigenvalue weighted by molar-refractivity contribution is 5.81. The van der Waals surface area contributed by atoms with Gasteiger partial charge in [0.25, 0.3) is 0 Å². The number of rotatable bonds is 7. The number of morpholine rings is 1. The van der Waals surface area contributed by atoms with Crippen molar-refractivity contribution in [2.45, 2.75) is 46.6 Å². The summed E-state index contributed by atoms with van der Waals surface area (Å²) < 4.78 is 5.29. The van der Waals surface area contributed by atoms with Crippen molar-refractivity contribution in [3.63, 3.8) is 0 Å². The number of carbonyl (C=O) groups excluding carboxylic acids is 1. The molecule has 5 heteroatoms. The second-order valence-corrected chi connectivity index (χ2v) is 5.01. The molecule has 3 N–H and O–H groups in total. The topological polar surface area (TPSA) is 67.6 Å². The normalized spacial score (nSPS) is 18.6. The Hall–Kier alpha value is -0.650. The quantitative estimate of drug-likeness (QED) is 0.691. The maximum Gasteiger partial charge on any atom is 0.237 e. The number of hydrogen-bond donors (Lipinski definition) is 2. The maximum absolute atomic E-state index is 11.7. The van der Waals surface area contributed by atoms with Crippen molar-refractivity contribution in [2.24, 2.45) is 11.7 Å². The molecule has 0 saturated carbocycles. The second kappa shape index (κ2) is 12.1. The number of nitrogens with two attached hydrogens (primary N) is 1. The predicted octanol–water partition coefficient (Wildman–Crippen LogP) is 1.22. The number of nitrogens with one attached hydrogen (secondary N) is 1. The summed E-state index contributed by atoms with van der Waals surface area (Å²) in [6, 6.07) is -0.376. The van der Waals surface area contributed by atoms with Crippen molar-refractivity contribution in [3.05, 3.63) is 0 Å². The van der Waals surface area contributed by atoms with E-state index in [4.69, 9.17) is 10.5 Å². The Morgan fingerprint density at radius 3 is 2.50 bits per heavy atom. The first-order valence-electron chi connectivity index (χ1n) is 7.98. The van der Waals surface area contributed by atoms with Crippen LogP contribution >= 0.6 is 0 Å². The van der Waals surface area contributed by atoms with Gasteiger partial charge < -0.3 is 15.8 Å². The van der Waals surface area contributed by atoms with Gasteiger partial charge in [0.2, 0.25) is 5.91 Å². The number of amides is 1. The van der Waals surface area contributed by atoms with Crippen LogP contribution < -0.4 is 11.1 Å². The molecule has 2 unspecified atom stereocenters. The summed E-state index contributed by atoms with van der Waals surface area (Å²) in [4.78, 5) is 14.1. The van der Waals surface area contributed by atoms with Crippen LogP contribution in [0.1, 0.15) is 40.5 Å². The summed E-state index contributed by atoms with van der Waals surface area (Å²) in [7, 11) is 0. The van der Waals surface area contributed by atoms with Crippen LogP contribution in [0, 0.1) is 5.92 Å². The third-order valence-corrected chi connectivity index (χ3v) is 3.61. The van der Waals surface area contributed by atoms with Gasteiger partial charge in [-0.2, -0.15) is 0 Å². The van der Waals surface area contributed by atoms with Crippen LogP contribution in [0.5, 0.6) is 0 Å². The molecule has 0 aromatic carbocycles. The van der Waals surface area contributed by atoms with E-state index < -0.39 is 0 Å². The van der Waals surface area contributed by atoms with Crippen LogP contribution in [-0.2, 0) is 9.53 Å². The molecule has 0 bridgehead atoms. The Labute approximate surface area is 124 Å². The van der Waals surface area contributed by atoms with Crippen molar-refractivity contribution in [3.8, 4) is 0 Å². The van der Waals surface area contributed by atoms with Gasteiger partial charge in [-0.25, -0.2) is 0 Å². The third-order valence-electron chi connectivity index (χ3n) is 3.61. The highest BCUT2D eigenvalue weighted by Crippen LogP contribution is 2.05. The molecule has 5 nitrogen and oxygen atoms in total. The van der Waals surface area contributed by atoms with Crippen molar-refractivity contribution < 1.29 is 9.53 Å². The molecule has 0 radical (unpaired) electrons. The van der Waals surface area contributed by atoms with Gasteiger partial charge in [0.05, 0.1) is 19.3 Å². The average Bonchev–Trinajstić information content (AvgIpc) is 2.52. The van der Waals surface area contributed by atoms with Crippen molar-refractivity contribution in [1.82, 2.24) is 10.2 Å². The molecular formula is C15H33N3O2. The molecule has 0 aliphatic carbocycles. The molecule has 1 aliphatic heterocycles. The Morgan fingerprint density at radius 2 is 1.95 bits per heavy atom. The summed E-state index contributed by atoms with van der Waals surface area (Å²) >= 11 is 0. The van der Waals surface area contributed by atoms with Gasteiger partial charge in [-0.05, 0) is 18.9 Å². The number of carbonyl (C=O) groups is 1. The largest absolute Gasteiger partial charge is 0.379 e. The number of hydrogen-bond acceptors (Lipinski definition) is 4. The van der Waals surface area contributed by atoms with Crippen LogP contribution in [0.3, 0.4) is 0 Å². The van der Waals surface area contributed by atoms with Gasteiger partial charge in [-0.1, -0.05) is 34.1 Å². The van der Waals surface area contributed by atoms with E-state index in [0.29, 0.717) is 6.54 Å². The number of nitrogens with zero attached hydrogens (tertiary/aromatic N) is 1. The second-order valence-electron chi connectivity index (χ2n) is 5.01. The smallest absolute Gasteiger partial charge is 0.237 e. The zero-order valence-electron chi connectivity index (χ0n) is 13.7. The van der Waals surface area contributed by atoms with Gasteiger partial charge in [0, 0.05) is 19.6 Å². The minimum atomic E-state index is -0.376. The Morgan fingerprint density at radius 1 is 1.35 bits per heavy atom. The van der Waals surface area contributed by atoms with E-state index in [1.165, 1.54) is 0 Å². The third kappa shape index (κ3) is 7.82. The van der Waals surface area contributed by atoms with E-state index in [9.17, 15) is 4.79 Å². The van der Waals surface area contributed by atoms with Crippen molar-refractivity contribution >= 4 is 5.91 Å². The highest BCUT2D eigenvalue weighted by Gasteiger charge is 2.18. The van der Waals surface area contributed by atoms with Crippen LogP contribution in [0.25, 0.3) is 0 Å². The lowest BCUT2D eigenvalue weighted by Crippen LogP contribution is -2.45. The van der Waals surface area contributed by atoms with E-state index >= 15 is 0 Å². The molecule has 2 atom stereocenters. The average molecular weight is 287 g/mol. The molecular weight excluding hydrogens is 254 g/mol. The molecule has 1 fully saturated rings. The predicted molar refractivity (Wildman–Crippen MR) is 83.7 cm³/mol. The highest BCUT2D eigenvalue weighted by atomic mass is 16.5. The van der Waals surface area contributed by atoms with Gasteiger partial charge in [-0.3, -0.25) is 9.69 Å². The summed E-state index contributed by atoms with van der Waals surface area (Å²) in [5.41, 5.74) is 5.86. The first kappa shape index (κ1) is 19.4. The molecule has 0 spiro atoms. The van der Waals surface area contributed by atoms with Gasteiger partial charge in [0.1, 0.15) is 0 Å². The Bertz CT molecular complexity index is 243. The van der Waals surface area contributed by atoms with Crippen LogP contribution in [-0.4, -0.2) is 56.2 Å². The monoisotopic (exact) mass is 287 g/mol. The lowest BCUT2D eigenvalue weighted by Gasteiger charge is -2.26. The molecule has 20 heavy (non-hydrogen) atoms. The standard InChI is InChI=1S/C13H27N3O2.C2H6/c1-3-11(2)12(14)13(17)15-5-4-6-16-7-9-18-10-8-16;1-2/h11-12H,3-10,14H2,1-2H3,(H,15,17);1-2H3. The molecule has 1 rings (SSSR count). The lowest BCUT2D eigenvalue weighted by atomic mass is 9.99. The zero-order chi connectivity index (χ0) is 15.4. The molecule has 120 valence electrons. The van der Waals surface area contributed by atoms with E-state index in [2.05, 4.69) is 17.1 Å². The zero-order valence-corrected chi connectivity index (χ0v) is 13.7. The van der Waals surface area contributed by atoms with Gasteiger partial charge >= 0.3 is 0 Å². The molecule has 1 saturated heterocycles. The summed E-state index contributed by atoms with van der Waals surface area (Å²) in [6.45, 7) is 13.4. The van der Waals surface area contributed by atoms with Crippen LogP contribution in [0.15, 0.2) is 0 Å². The SMILES string of the molecule is CC.CCC(C)C(N)C(=O)NCCCN1CCOCC1. The van der Waals surface area contributed by atoms with Crippen LogP contribution in [0.4, 0.5) is 0 Å². The summed E-state index contributed by atoms with van der Waals surface area (Å²) in [5.74, 6) is 0.218. The van der Waals surface area contributed by atoms with Crippen molar-refractivity contribution in [1.29, 1.82) is 0 Å². The summed E-state index contributed by atoms with van der Waals surface area (Å²) in [6.07, 6.45) is 1.90. The number of ether oxygens (including phenoxy) is 1. The van der Waals surface area contributed by atoms with Gasteiger partial charge in [0.15, 0.2) is 0 Å². The molecule has 1 aliphatic rings. The van der Waals surface area contributed by atoms with E-state index in [1.807, 2.05) is 20.8 Å². The lowest BCUT2D eigenvalue weighted by molar-refractivity contribution is -0.123. The maximum atomic E-state index is 11.7. The van der Waals surface area contributed by atoms with E-state index in [1.54, 1.807) is 0 Å². The first-order valence-corrected chi connectivity index (χ1v) is 7.98. The van der Waals surface area contributed by atoms with Crippen molar-refractivity contribution in [2.75, 3.05) is 39.4 Å². The Kier molecular flexibility index (Phi) is 11.7. The fourth-order valence-electron chi connectivity index (χ4n) is 1.97. The summed E-state index contributed by atoms with van der Waals surface area (Å²) in [5, 5.41) is 2.92. The molecule has 1 heterocycles. The minimum absolute atomic E-state index is 0.0219. The minimum Gasteiger partial charge on any atom is -0.379 e.